The van der Waals surface area contributed by atoms with Crippen LogP contribution in [0.4, 0.5) is 5.69 Å². The molecule has 0 aliphatic carbocycles. The van der Waals surface area contributed by atoms with Gasteiger partial charge < -0.3 is 14.5 Å². The van der Waals surface area contributed by atoms with Crippen LogP contribution in [0, 0.1) is 3.57 Å². The summed E-state index contributed by atoms with van der Waals surface area (Å²) >= 11 is 2.30. The van der Waals surface area contributed by atoms with Gasteiger partial charge in [-0.05, 0) is 65.9 Å². The lowest BCUT2D eigenvalue weighted by molar-refractivity contribution is 0.406. The number of benzene rings is 2. The van der Waals surface area contributed by atoms with Crippen molar-refractivity contribution in [1.29, 1.82) is 0 Å². The summed E-state index contributed by atoms with van der Waals surface area (Å²) in [7, 11) is 1.66. The minimum atomic E-state index is 0.0853. The summed E-state index contributed by atoms with van der Waals surface area (Å²) in [5, 5.41) is 4.50. The lowest BCUT2D eigenvalue weighted by Gasteiger charge is -2.12. The Morgan fingerprint density at radius 2 is 1.90 bits per heavy atom. The zero-order valence-electron chi connectivity index (χ0n) is 11.9. The van der Waals surface area contributed by atoms with Crippen molar-refractivity contribution in [1.82, 2.24) is 0 Å². The number of rotatable bonds is 4. The van der Waals surface area contributed by atoms with E-state index in [1.54, 1.807) is 7.11 Å². The SMILES string of the molecule is COc1cccc2cc(C(C)Nc3ccc(I)cc3)oc12. The summed E-state index contributed by atoms with van der Waals surface area (Å²) in [6.45, 7) is 2.09. The second kappa shape index (κ2) is 5.97. The number of fused-ring (bicyclic) bond motifs is 1. The molecular weight excluding hydrogens is 377 g/mol. The number of nitrogens with one attached hydrogen (secondary N) is 1. The van der Waals surface area contributed by atoms with Crippen LogP contribution in [0.25, 0.3) is 11.0 Å². The summed E-state index contributed by atoms with van der Waals surface area (Å²) in [5.74, 6) is 1.66. The molecule has 1 N–H and O–H groups in total. The first-order valence-corrected chi connectivity index (χ1v) is 7.84. The molecule has 0 aliphatic rings. The highest BCUT2D eigenvalue weighted by Gasteiger charge is 2.13. The number of hydrogen-bond donors (Lipinski definition) is 1. The zero-order valence-corrected chi connectivity index (χ0v) is 14.0. The lowest BCUT2D eigenvalue weighted by Crippen LogP contribution is -2.05. The van der Waals surface area contributed by atoms with E-state index in [4.69, 9.17) is 9.15 Å². The second-order valence-electron chi connectivity index (χ2n) is 4.90. The zero-order chi connectivity index (χ0) is 14.8. The van der Waals surface area contributed by atoms with Crippen LogP contribution in [-0.4, -0.2) is 7.11 Å². The van der Waals surface area contributed by atoms with E-state index >= 15 is 0 Å². The van der Waals surface area contributed by atoms with Crippen molar-refractivity contribution in [2.75, 3.05) is 12.4 Å². The summed E-state index contributed by atoms with van der Waals surface area (Å²) in [5.41, 5.74) is 1.88. The third kappa shape index (κ3) is 3.00. The number of halogens is 1. The Morgan fingerprint density at radius 1 is 1.14 bits per heavy atom. The Morgan fingerprint density at radius 3 is 2.62 bits per heavy atom. The van der Waals surface area contributed by atoms with Crippen molar-refractivity contribution >= 4 is 39.2 Å². The van der Waals surface area contributed by atoms with Gasteiger partial charge in [-0.25, -0.2) is 0 Å². The Hall–Kier alpha value is -1.69. The maximum atomic E-state index is 5.96. The van der Waals surface area contributed by atoms with Gasteiger partial charge in [-0.2, -0.15) is 0 Å². The Bertz CT molecular complexity index is 749. The Balaban J connectivity index is 1.87. The molecule has 2 aromatic carbocycles. The average Bonchev–Trinajstić information content (AvgIpc) is 2.93. The standard InChI is InChI=1S/C17H16INO2/c1-11(19-14-8-6-13(18)7-9-14)16-10-12-4-3-5-15(20-2)17(12)21-16/h3-11,19H,1-2H3. The summed E-state index contributed by atoms with van der Waals surface area (Å²) in [4.78, 5) is 0. The highest BCUT2D eigenvalue weighted by atomic mass is 127. The van der Waals surface area contributed by atoms with Gasteiger partial charge in [0.2, 0.25) is 0 Å². The highest BCUT2D eigenvalue weighted by Crippen LogP contribution is 2.32. The minimum Gasteiger partial charge on any atom is -0.493 e. The van der Waals surface area contributed by atoms with E-state index in [0.717, 1.165) is 28.2 Å². The first-order valence-electron chi connectivity index (χ1n) is 6.76. The van der Waals surface area contributed by atoms with Gasteiger partial charge in [0.1, 0.15) is 5.76 Å². The van der Waals surface area contributed by atoms with E-state index in [-0.39, 0.29) is 6.04 Å². The van der Waals surface area contributed by atoms with Crippen LogP contribution in [0.3, 0.4) is 0 Å². The van der Waals surface area contributed by atoms with E-state index in [0.29, 0.717) is 0 Å². The predicted octanol–water partition coefficient (Wildman–Crippen LogP) is 5.22. The molecule has 108 valence electrons. The van der Waals surface area contributed by atoms with E-state index in [2.05, 4.69) is 65.2 Å². The van der Waals surface area contributed by atoms with Gasteiger partial charge in [0, 0.05) is 14.6 Å². The molecule has 1 atom stereocenters. The molecule has 0 amide bonds. The molecule has 3 rings (SSSR count). The fraction of sp³-hybridized carbons (Fsp3) is 0.176. The first kappa shape index (κ1) is 14.3. The number of anilines is 1. The largest absolute Gasteiger partial charge is 0.493 e. The third-order valence-electron chi connectivity index (χ3n) is 3.40. The summed E-state index contributed by atoms with van der Waals surface area (Å²) < 4.78 is 12.5. The van der Waals surface area contributed by atoms with Gasteiger partial charge in [0.25, 0.3) is 0 Å². The van der Waals surface area contributed by atoms with Gasteiger partial charge in [-0.15, -0.1) is 0 Å². The number of furan rings is 1. The van der Waals surface area contributed by atoms with Crippen molar-refractivity contribution in [3.05, 3.63) is 57.9 Å². The topological polar surface area (TPSA) is 34.4 Å². The number of hydrogen-bond acceptors (Lipinski definition) is 3. The van der Waals surface area contributed by atoms with Crippen LogP contribution >= 0.6 is 22.6 Å². The van der Waals surface area contributed by atoms with Gasteiger partial charge in [0.05, 0.1) is 13.2 Å². The fourth-order valence-electron chi connectivity index (χ4n) is 2.30. The number of ether oxygens (including phenoxy) is 1. The Labute approximate surface area is 137 Å². The van der Waals surface area contributed by atoms with Crippen LogP contribution < -0.4 is 10.1 Å². The lowest BCUT2D eigenvalue weighted by atomic mass is 10.2. The smallest absolute Gasteiger partial charge is 0.176 e. The van der Waals surface area contributed by atoms with Crippen molar-refractivity contribution in [3.8, 4) is 5.75 Å². The van der Waals surface area contributed by atoms with Crippen LogP contribution in [0.15, 0.2) is 52.9 Å². The molecule has 0 bridgehead atoms. The van der Waals surface area contributed by atoms with Gasteiger partial charge in [0.15, 0.2) is 11.3 Å². The summed E-state index contributed by atoms with van der Waals surface area (Å²) in [6, 6.07) is 16.4. The first-order chi connectivity index (χ1) is 10.2. The normalized spacial score (nSPS) is 12.3. The van der Waals surface area contributed by atoms with Crippen LogP contribution in [-0.2, 0) is 0 Å². The predicted molar refractivity (Wildman–Crippen MR) is 94.0 cm³/mol. The molecule has 0 spiro atoms. The van der Waals surface area contributed by atoms with E-state index in [1.165, 1.54) is 3.57 Å². The molecule has 1 heterocycles. The van der Waals surface area contributed by atoms with Crippen molar-refractivity contribution in [3.63, 3.8) is 0 Å². The molecule has 3 aromatic rings. The molecule has 0 saturated heterocycles. The molecule has 0 aliphatic heterocycles. The molecule has 0 saturated carbocycles. The maximum absolute atomic E-state index is 5.96. The minimum absolute atomic E-state index is 0.0853. The molecule has 1 unspecified atom stereocenters. The monoisotopic (exact) mass is 393 g/mol. The molecule has 21 heavy (non-hydrogen) atoms. The summed E-state index contributed by atoms with van der Waals surface area (Å²) in [6.07, 6.45) is 0. The van der Waals surface area contributed by atoms with E-state index in [9.17, 15) is 0 Å². The van der Waals surface area contributed by atoms with Crippen molar-refractivity contribution in [2.24, 2.45) is 0 Å². The fourth-order valence-corrected chi connectivity index (χ4v) is 2.66. The highest BCUT2D eigenvalue weighted by molar-refractivity contribution is 14.1. The van der Waals surface area contributed by atoms with Gasteiger partial charge >= 0.3 is 0 Å². The third-order valence-corrected chi connectivity index (χ3v) is 4.12. The molecular formula is C17H16INO2. The van der Waals surface area contributed by atoms with Gasteiger partial charge in [-0.3, -0.25) is 0 Å². The second-order valence-corrected chi connectivity index (χ2v) is 6.15. The molecule has 0 fully saturated rings. The van der Waals surface area contributed by atoms with Crippen LogP contribution in [0.1, 0.15) is 18.7 Å². The van der Waals surface area contributed by atoms with E-state index in [1.807, 2.05) is 18.2 Å². The number of para-hydroxylation sites is 1. The quantitative estimate of drug-likeness (QED) is 0.618. The Kier molecular flexibility index (Phi) is 4.05. The van der Waals surface area contributed by atoms with E-state index < -0.39 is 0 Å². The maximum Gasteiger partial charge on any atom is 0.176 e. The van der Waals surface area contributed by atoms with Crippen LogP contribution in [0.2, 0.25) is 0 Å². The molecule has 3 nitrogen and oxygen atoms in total. The van der Waals surface area contributed by atoms with Crippen molar-refractivity contribution in [2.45, 2.75) is 13.0 Å². The molecule has 0 radical (unpaired) electrons. The van der Waals surface area contributed by atoms with Crippen molar-refractivity contribution < 1.29 is 9.15 Å². The molecule has 4 heteroatoms. The number of methoxy groups -OCH3 is 1. The molecule has 1 aromatic heterocycles. The van der Waals surface area contributed by atoms with Crippen LogP contribution in [0.5, 0.6) is 5.75 Å². The van der Waals surface area contributed by atoms with Gasteiger partial charge in [-0.1, -0.05) is 12.1 Å². The average molecular weight is 393 g/mol.